The predicted molar refractivity (Wildman–Crippen MR) is 102 cm³/mol. The molecule has 0 unspecified atom stereocenters. The van der Waals surface area contributed by atoms with E-state index < -0.39 is 0 Å². The zero-order chi connectivity index (χ0) is 18.4. The Labute approximate surface area is 155 Å². The number of hydrogen-bond acceptors (Lipinski definition) is 5. The number of likely N-dealkylation sites (N-methyl/N-ethyl adjacent to an activating group) is 1. The maximum atomic E-state index is 12.1. The highest BCUT2D eigenvalue weighted by Gasteiger charge is 2.21. The van der Waals surface area contributed by atoms with Gasteiger partial charge in [0, 0.05) is 32.1 Å². The van der Waals surface area contributed by atoms with Gasteiger partial charge in [0.2, 0.25) is 11.8 Å². The Balaban J connectivity index is 1.43. The van der Waals surface area contributed by atoms with Crippen molar-refractivity contribution in [3.63, 3.8) is 0 Å². The molecule has 1 aromatic heterocycles. The Hall–Kier alpha value is -2.15. The first kappa shape index (κ1) is 18.6. The first-order valence-electron chi connectivity index (χ1n) is 9.59. The van der Waals surface area contributed by atoms with E-state index in [1.54, 1.807) is 6.20 Å². The molecule has 142 valence electrons. The molecular weight excluding hydrogens is 330 g/mol. The number of carbonyl (C=O) groups excluding carboxylic acids is 2. The van der Waals surface area contributed by atoms with Gasteiger partial charge in [0.15, 0.2) is 0 Å². The van der Waals surface area contributed by atoms with Crippen LogP contribution in [0.5, 0.6) is 0 Å². The summed E-state index contributed by atoms with van der Waals surface area (Å²) in [5.74, 6) is 0.787. The van der Waals surface area contributed by atoms with Gasteiger partial charge in [0.1, 0.15) is 5.82 Å². The van der Waals surface area contributed by atoms with Crippen molar-refractivity contribution in [1.29, 1.82) is 0 Å². The molecule has 2 heterocycles. The number of pyridine rings is 1. The topological polar surface area (TPSA) is 77.6 Å². The van der Waals surface area contributed by atoms with Crippen LogP contribution in [0.2, 0.25) is 0 Å². The maximum absolute atomic E-state index is 12.1. The lowest BCUT2D eigenvalue weighted by Gasteiger charge is -2.33. The van der Waals surface area contributed by atoms with Gasteiger partial charge in [0.25, 0.3) is 0 Å². The summed E-state index contributed by atoms with van der Waals surface area (Å²) in [5, 5.41) is 5.55. The summed E-state index contributed by atoms with van der Waals surface area (Å²) in [4.78, 5) is 33.1. The highest BCUT2D eigenvalue weighted by molar-refractivity contribution is 5.94. The molecule has 0 spiro atoms. The zero-order valence-electron chi connectivity index (χ0n) is 15.5. The molecule has 1 saturated carbocycles. The second-order valence-corrected chi connectivity index (χ2v) is 7.30. The molecule has 7 heteroatoms. The van der Waals surface area contributed by atoms with Gasteiger partial charge in [0.05, 0.1) is 18.4 Å². The normalized spacial score (nSPS) is 19.2. The number of nitrogens with one attached hydrogen (secondary N) is 2. The van der Waals surface area contributed by atoms with E-state index in [2.05, 4.69) is 32.5 Å². The van der Waals surface area contributed by atoms with Gasteiger partial charge < -0.3 is 20.4 Å². The second kappa shape index (κ2) is 8.98. The SMILES string of the molecule is CN1CCN(c2ccc(NC(=O)CNC(=O)C3CCCCC3)cn2)CC1. The highest BCUT2D eigenvalue weighted by Crippen LogP contribution is 2.23. The van der Waals surface area contributed by atoms with Crippen LogP contribution in [0.25, 0.3) is 0 Å². The average molecular weight is 359 g/mol. The largest absolute Gasteiger partial charge is 0.354 e. The molecular formula is C19H29N5O2. The van der Waals surface area contributed by atoms with Crippen molar-refractivity contribution in [2.24, 2.45) is 5.92 Å². The van der Waals surface area contributed by atoms with Gasteiger partial charge in [-0.05, 0) is 32.0 Å². The standard InChI is InChI=1S/C19H29N5O2/c1-23-9-11-24(12-10-23)17-8-7-16(13-20-17)22-18(25)14-21-19(26)15-5-3-2-4-6-15/h7-8,13,15H,2-6,9-12,14H2,1H3,(H,21,26)(H,22,25). The van der Waals surface area contributed by atoms with E-state index in [0.29, 0.717) is 5.69 Å². The Kier molecular flexibility index (Phi) is 6.44. The number of rotatable bonds is 5. The number of piperazine rings is 1. The molecule has 2 fully saturated rings. The fourth-order valence-corrected chi connectivity index (χ4v) is 3.56. The molecule has 2 aliphatic rings. The van der Waals surface area contributed by atoms with Gasteiger partial charge >= 0.3 is 0 Å². The Morgan fingerprint density at radius 1 is 1.12 bits per heavy atom. The number of carbonyl (C=O) groups is 2. The van der Waals surface area contributed by atoms with Crippen molar-refractivity contribution in [2.45, 2.75) is 32.1 Å². The third kappa shape index (κ3) is 5.17. The lowest BCUT2D eigenvalue weighted by atomic mass is 9.89. The Morgan fingerprint density at radius 3 is 2.50 bits per heavy atom. The molecule has 2 amide bonds. The summed E-state index contributed by atoms with van der Waals surface area (Å²) >= 11 is 0. The minimum absolute atomic E-state index is 0.00314. The summed E-state index contributed by atoms with van der Waals surface area (Å²) in [6.45, 7) is 3.99. The predicted octanol–water partition coefficient (Wildman–Crippen LogP) is 1.47. The van der Waals surface area contributed by atoms with Crippen LogP contribution in [0.3, 0.4) is 0 Å². The number of amides is 2. The van der Waals surface area contributed by atoms with Crippen LogP contribution in [0, 0.1) is 5.92 Å². The van der Waals surface area contributed by atoms with Gasteiger partial charge in [-0.3, -0.25) is 9.59 Å². The molecule has 1 saturated heterocycles. The van der Waals surface area contributed by atoms with Gasteiger partial charge in [-0.2, -0.15) is 0 Å². The lowest BCUT2D eigenvalue weighted by molar-refractivity contribution is -0.128. The average Bonchev–Trinajstić information content (AvgIpc) is 2.68. The smallest absolute Gasteiger partial charge is 0.243 e. The highest BCUT2D eigenvalue weighted by atomic mass is 16.2. The lowest BCUT2D eigenvalue weighted by Crippen LogP contribution is -2.44. The fourth-order valence-electron chi connectivity index (χ4n) is 3.56. The maximum Gasteiger partial charge on any atom is 0.243 e. The van der Waals surface area contributed by atoms with E-state index in [-0.39, 0.29) is 24.3 Å². The van der Waals surface area contributed by atoms with Crippen molar-refractivity contribution in [3.05, 3.63) is 18.3 Å². The van der Waals surface area contributed by atoms with E-state index in [1.807, 2.05) is 12.1 Å². The molecule has 26 heavy (non-hydrogen) atoms. The molecule has 0 atom stereocenters. The van der Waals surface area contributed by atoms with Crippen LogP contribution in [-0.2, 0) is 9.59 Å². The number of anilines is 2. The molecule has 1 aliphatic heterocycles. The first-order valence-corrected chi connectivity index (χ1v) is 9.59. The fraction of sp³-hybridized carbons (Fsp3) is 0.632. The molecule has 7 nitrogen and oxygen atoms in total. The van der Waals surface area contributed by atoms with Gasteiger partial charge in [-0.15, -0.1) is 0 Å². The van der Waals surface area contributed by atoms with E-state index in [4.69, 9.17) is 0 Å². The third-order valence-electron chi connectivity index (χ3n) is 5.26. The van der Waals surface area contributed by atoms with Crippen LogP contribution in [0.15, 0.2) is 18.3 Å². The second-order valence-electron chi connectivity index (χ2n) is 7.30. The van der Waals surface area contributed by atoms with Gasteiger partial charge in [-0.25, -0.2) is 4.98 Å². The van der Waals surface area contributed by atoms with Crippen LogP contribution in [0.1, 0.15) is 32.1 Å². The van der Waals surface area contributed by atoms with Crippen LogP contribution < -0.4 is 15.5 Å². The minimum atomic E-state index is -0.219. The van der Waals surface area contributed by atoms with Crippen molar-refractivity contribution >= 4 is 23.3 Å². The summed E-state index contributed by atoms with van der Waals surface area (Å²) in [6.07, 6.45) is 6.97. The van der Waals surface area contributed by atoms with Crippen molar-refractivity contribution in [1.82, 2.24) is 15.2 Å². The first-order chi connectivity index (χ1) is 12.6. The summed E-state index contributed by atoms with van der Waals surface area (Å²) in [7, 11) is 2.12. The van der Waals surface area contributed by atoms with Crippen molar-refractivity contribution in [3.8, 4) is 0 Å². The molecule has 0 radical (unpaired) electrons. The van der Waals surface area contributed by atoms with E-state index >= 15 is 0 Å². The molecule has 0 bridgehead atoms. The number of nitrogens with zero attached hydrogens (tertiary/aromatic N) is 3. The zero-order valence-corrected chi connectivity index (χ0v) is 15.5. The van der Waals surface area contributed by atoms with E-state index in [1.165, 1.54) is 6.42 Å². The van der Waals surface area contributed by atoms with E-state index in [9.17, 15) is 9.59 Å². The molecule has 0 aromatic carbocycles. The summed E-state index contributed by atoms with van der Waals surface area (Å²) in [5.41, 5.74) is 0.653. The summed E-state index contributed by atoms with van der Waals surface area (Å²) in [6, 6.07) is 3.79. The van der Waals surface area contributed by atoms with Crippen molar-refractivity contribution < 1.29 is 9.59 Å². The third-order valence-corrected chi connectivity index (χ3v) is 5.26. The number of aromatic nitrogens is 1. The Morgan fingerprint density at radius 2 is 1.85 bits per heavy atom. The quantitative estimate of drug-likeness (QED) is 0.832. The summed E-state index contributed by atoms with van der Waals surface area (Å²) < 4.78 is 0. The molecule has 1 aromatic rings. The van der Waals surface area contributed by atoms with Gasteiger partial charge in [-0.1, -0.05) is 19.3 Å². The van der Waals surface area contributed by atoms with E-state index in [0.717, 1.165) is 57.7 Å². The Bertz CT molecular complexity index is 605. The minimum Gasteiger partial charge on any atom is -0.354 e. The molecule has 2 N–H and O–H groups in total. The van der Waals surface area contributed by atoms with Crippen molar-refractivity contribution in [2.75, 3.05) is 50.0 Å². The molecule has 3 rings (SSSR count). The van der Waals surface area contributed by atoms with Crippen LogP contribution in [0.4, 0.5) is 11.5 Å². The van der Waals surface area contributed by atoms with Crippen LogP contribution >= 0.6 is 0 Å². The molecule has 1 aliphatic carbocycles. The van der Waals surface area contributed by atoms with Crippen LogP contribution in [-0.4, -0.2) is 61.5 Å². The monoisotopic (exact) mass is 359 g/mol. The number of hydrogen-bond donors (Lipinski definition) is 2.